The van der Waals surface area contributed by atoms with Crippen molar-refractivity contribution in [2.24, 2.45) is 0 Å². The summed E-state index contributed by atoms with van der Waals surface area (Å²) in [5, 5.41) is 5.41. The smallest absolute Gasteiger partial charge is 0.224 e. The lowest BCUT2D eigenvalue weighted by atomic mass is 10.2. The van der Waals surface area contributed by atoms with Crippen molar-refractivity contribution in [3.05, 3.63) is 16.6 Å². The van der Waals surface area contributed by atoms with Crippen LogP contribution in [0.2, 0.25) is 0 Å². The lowest BCUT2D eigenvalue weighted by Crippen LogP contribution is -2.35. The van der Waals surface area contributed by atoms with Crippen molar-refractivity contribution < 1.29 is 4.79 Å². The first-order valence-electron chi connectivity index (χ1n) is 5.56. The van der Waals surface area contributed by atoms with Crippen LogP contribution in [0.4, 0.5) is 0 Å². The molecule has 0 bridgehead atoms. The van der Waals surface area contributed by atoms with Gasteiger partial charge in [-0.05, 0) is 13.8 Å². The fourth-order valence-electron chi connectivity index (χ4n) is 1.94. The van der Waals surface area contributed by atoms with E-state index in [-0.39, 0.29) is 11.9 Å². The number of hydrogen-bond acceptors (Lipinski definition) is 4. The Kier molecular flexibility index (Phi) is 3.56. The summed E-state index contributed by atoms with van der Waals surface area (Å²) in [6, 6.07) is 0.579. The molecular weight excluding hydrogens is 222 g/mol. The van der Waals surface area contributed by atoms with Gasteiger partial charge in [-0.2, -0.15) is 0 Å². The average molecular weight is 239 g/mol. The van der Waals surface area contributed by atoms with Crippen molar-refractivity contribution in [2.75, 3.05) is 6.54 Å². The number of nitrogens with one attached hydrogen (secondary N) is 1. The summed E-state index contributed by atoms with van der Waals surface area (Å²) < 4.78 is 0. The predicted molar refractivity (Wildman–Crippen MR) is 64.2 cm³/mol. The number of aromatic nitrogens is 1. The Morgan fingerprint density at radius 3 is 3.06 bits per heavy atom. The first-order valence-corrected chi connectivity index (χ1v) is 6.51. The van der Waals surface area contributed by atoms with Crippen molar-refractivity contribution in [2.45, 2.75) is 38.9 Å². The zero-order valence-corrected chi connectivity index (χ0v) is 10.5. The van der Waals surface area contributed by atoms with Crippen molar-refractivity contribution in [3.63, 3.8) is 0 Å². The van der Waals surface area contributed by atoms with E-state index in [2.05, 4.69) is 24.1 Å². The van der Waals surface area contributed by atoms with E-state index in [4.69, 9.17) is 0 Å². The maximum Gasteiger partial charge on any atom is 0.224 e. The molecule has 1 atom stereocenters. The molecule has 2 rings (SSSR count). The monoisotopic (exact) mass is 239 g/mol. The highest BCUT2D eigenvalue weighted by molar-refractivity contribution is 7.07. The number of rotatable bonds is 4. The third-order valence-electron chi connectivity index (χ3n) is 2.84. The van der Waals surface area contributed by atoms with Gasteiger partial charge in [-0.1, -0.05) is 0 Å². The zero-order valence-electron chi connectivity index (χ0n) is 9.64. The van der Waals surface area contributed by atoms with Gasteiger partial charge >= 0.3 is 0 Å². The highest BCUT2D eigenvalue weighted by Crippen LogP contribution is 2.14. The van der Waals surface area contributed by atoms with Gasteiger partial charge < -0.3 is 10.2 Å². The normalized spacial score (nSPS) is 21.1. The van der Waals surface area contributed by atoms with E-state index in [1.165, 1.54) is 0 Å². The maximum absolute atomic E-state index is 11.7. The van der Waals surface area contributed by atoms with E-state index < -0.39 is 0 Å². The summed E-state index contributed by atoms with van der Waals surface area (Å²) in [5.74, 6) is 0.255. The minimum atomic E-state index is 0.255. The van der Waals surface area contributed by atoms with Crippen LogP contribution in [0.1, 0.15) is 26.0 Å². The first-order chi connectivity index (χ1) is 7.66. The van der Waals surface area contributed by atoms with Gasteiger partial charge in [-0.25, -0.2) is 4.98 Å². The molecule has 1 unspecified atom stereocenters. The van der Waals surface area contributed by atoms with Crippen LogP contribution >= 0.6 is 11.3 Å². The van der Waals surface area contributed by atoms with Crippen LogP contribution < -0.4 is 5.32 Å². The standard InChI is InChI=1S/C11H17N3OS/c1-8(2)14-5-9(3-11(14)15)12-4-10-6-16-7-13-10/h6-9,12H,3-5H2,1-2H3. The number of nitrogens with zero attached hydrogens (tertiary/aromatic N) is 2. The van der Waals surface area contributed by atoms with Gasteiger partial charge in [0.25, 0.3) is 0 Å². The van der Waals surface area contributed by atoms with E-state index in [0.717, 1.165) is 18.8 Å². The van der Waals surface area contributed by atoms with Crippen molar-refractivity contribution in [1.29, 1.82) is 0 Å². The minimum absolute atomic E-state index is 0.255. The fraction of sp³-hybridized carbons (Fsp3) is 0.636. The fourth-order valence-corrected chi connectivity index (χ4v) is 2.50. The molecule has 0 radical (unpaired) electrons. The van der Waals surface area contributed by atoms with E-state index in [9.17, 15) is 4.79 Å². The Labute approximate surface area is 99.7 Å². The minimum Gasteiger partial charge on any atom is -0.339 e. The van der Waals surface area contributed by atoms with Gasteiger partial charge in [0.15, 0.2) is 0 Å². The third-order valence-corrected chi connectivity index (χ3v) is 3.47. The van der Waals surface area contributed by atoms with Gasteiger partial charge in [0.1, 0.15) is 0 Å². The summed E-state index contributed by atoms with van der Waals surface area (Å²) in [7, 11) is 0. The van der Waals surface area contributed by atoms with Crippen LogP contribution in [0.5, 0.6) is 0 Å². The molecule has 1 amide bonds. The van der Waals surface area contributed by atoms with Crippen molar-refractivity contribution >= 4 is 17.2 Å². The van der Waals surface area contributed by atoms with E-state index in [0.29, 0.717) is 12.5 Å². The number of carbonyl (C=O) groups excluding carboxylic acids is 1. The van der Waals surface area contributed by atoms with E-state index in [1.807, 2.05) is 15.8 Å². The molecule has 4 nitrogen and oxygen atoms in total. The number of hydrogen-bond donors (Lipinski definition) is 1. The molecule has 1 aliphatic heterocycles. The molecule has 2 heterocycles. The Bertz CT molecular complexity index is 350. The first kappa shape index (κ1) is 11.5. The Morgan fingerprint density at radius 1 is 1.69 bits per heavy atom. The molecule has 0 saturated carbocycles. The Hall–Kier alpha value is -0.940. The quantitative estimate of drug-likeness (QED) is 0.860. The average Bonchev–Trinajstić information content (AvgIpc) is 2.83. The molecule has 1 aromatic heterocycles. The molecule has 1 aliphatic rings. The molecule has 16 heavy (non-hydrogen) atoms. The molecule has 1 aromatic rings. The van der Waals surface area contributed by atoms with Crippen LogP contribution in [-0.4, -0.2) is 34.4 Å². The number of thiazole rings is 1. The number of amides is 1. The van der Waals surface area contributed by atoms with Crippen LogP contribution in [0.15, 0.2) is 10.9 Å². The van der Waals surface area contributed by atoms with E-state index >= 15 is 0 Å². The largest absolute Gasteiger partial charge is 0.339 e. The second kappa shape index (κ2) is 4.93. The Morgan fingerprint density at radius 2 is 2.50 bits per heavy atom. The zero-order chi connectivity index (χ0) is 11.5. The highest BCUT2D eigenvalue weighted by atomic mass is 32.1. The van der Waals surface area contributed by atoms with Gasteiger partial charge in [-0.15, -0.1) is 11.3 Å². The van der Waals surface area contributed by atoms with Gasteiger partial charge in [-0.3, -0.25) is 4.79 Å². The Balaban J connectivity index is 1.82. The number of likely N-dealkylation sites (tertiary alicyclic amines) is 1. The van der Waals surface area contributed by atoms with Crippen LogP contribution in [0, 0.1) is 0 Å². The highest BCUT2D eigenvalue weighted by Gasteiger charge is 2.30. The van der Waals surface area contributed by atoms with Crippen molar-refractivity contribution in [1.82, 2.24) is 15.2 Å². The summed E-state index contributed by atoms with van der Waals surface area (Å²) in [6.07, 6.45) is 0.613. The molecule has 88 valence electrons. The van der Waals surface area contributed by atoms with Gasteiger partial charge in [0.2, 0.25) is 5.91 Å². The van der Waals surface area contributed by atoms with Gasteiger partial charge in [0, 0.05) is 37.0 Å². The summed E-state index contributed by atoms with van der Waals surface area (Å²) in [5.41, 5.74) is 2.89. The summed E-state index contributed by atoms with van der Waals surface area (Å²) in [4.78, 5) is 17.8. The van der Waals surface area contributed by atoms with E-state index in [1.54, 1.807) is 11.3 Å². The van der Waals surface area contributed by atoms with Crippen molar-refractivity contribution in [3.8, 4) is 0 Å². The molecule has 5 heteroatoms. The molecule has 1 fully saturated rings. The molecule has 0 spiro atoms. The van der Waals surface area contributed by atoms with Crippen LogP contribution in [-0.2, 0) is 11.3 Å². The second-order valence-corrected chi connectivity index (χ2v) is 5.12. The molecule has 0 aliphatic carbocycles. The summed E-state index contributed by atoms with van der Waals surface area (Å²) >= 11 is 1.60. The lowest BCUT2D eigenvalue weighted by molar-refractivity contribution is -0.129. The molecule has 0 aromatic carbocycles. The topological polar surface area (TPSA) is 45.2 Å². The summed E-state index contributed by atoms with van der Waals surface area (Å²) in [6.45, 7) is 5.69. The SMILES string of the molecule is CC(C)N1CC(NCc2cscn2)CC1=O. The molecule has 1 N–H and O–H groups in total. The molecular formula is C11H17N3OS. The maximum atomic E-state index is 11.7. The predicted octanol–water partition coefficient (Wildman–Crippen LogP) is 1.24. The van der Waals surface area contributed by atoms with Crippen LogP contribution in [0.3, 0.4) is 0 Å². The molecule has 1 saturated heterocycles. The van der Waals surface area contributed by atoms with Crippen LogP contribution in [0.25, 0.3) is 0 Å². The third kappa shape index (κ3) is 2.59. The number of carbonyl (C=O) groups is 1. The second-order valence-electron chi connectivity index (χ2n) is 4.40. The lowest BCUT2D eigenvalue weighted by Gasteiger charge is -2.21. The van der Waals surface area contributed by atoms with Gasteiger partial charge in [0.05, 0.1) is 11.2 Å².